The highest BCUT2D eigenvalue weighted by Gasteiger charge is 2.19. The first-order chi connectivity index (χ1) is 7.70. The maximum absolute atomic E-state index is 6.04. The van der Waals surface area contributed by atoms with Crippen LogP contribution in [0.25, 0.3) is 0 Å². The molecule has 0 fully saturated rings. The standard InChI is InChI=1S/C12H23BrN4/c1-12(2,3)8-9-10(13)11(14)17(15-9)7-6-16(4)5/h6-8,14H2,1-5H3. The number of anilines is 1. The summed E-state index contributed by atoms with van der Waals surface area (Å²) in [6.45, 7) is 8.37. The van der Waals surface area contributed by atoms with Crippen LogP contribution in [0, 0.1) is 5.41 Å². The Balaban J connectivity index is 2.84. The minimum absolute atomic E-state index is 0.218. The van der Waals surface area contributed by atoms with E-state index in [0.29, 0.717) is 0 Å². The second-order valence-corrected chi connectivity index (χ2v) is 6.70. The van der Waals surface area contributed by atoms with E-state index in [9.17, 15) is 0 Å². The molecule has 1 rings (SSSR count). The van der Waals surface area contributed by atoms with Crippen LogP contribution in [0.4, 0.5) is 5.82 Å². The molecule has 0 aliphatic carbocycles. The number of hydrogen-bond donors (Lipinski definition) is 1. The van der Waals surface area contributed by atoms with Gasteiger partial charge in [-0.1, -0.05) is 20.8 Å². The van der Waals surface area contributed by atoms with Crippen molar-refractivity contribution < 1.29 is 0 Å². The van der Waals surface area contributed by atoms with E-state index >= 15 is 0 Å². The molecule has 0 radical (unpaired) electrons. The van der Waals surface area contributed by atoms with E-state index in [1.54, 1.807) is 0 Å². The Bertz CT molecular complexity index is 377. The van der Waals surface area contributed by atoms with Crippen LogP contribution in [-0.4, -0.2) is 35.3 Å². The van der Waals surface area contributed by atoms with Crippen molar-refractivity contribution in [2.24, 2.45) is 5.41 Å². The van der Waals surface area contributed by atoms with E-state index in [2.05, 4.69) is 46.7 Å². The van der Waals surface area contributed by atoms with Gasteiger partial charge in [-0.3, -0.25) is 0 Å². The van der Waals surface area contributed by atoms with Gasteiger partial charge in [0.2, 0.25) is 0 Å². The molecule has 4 nitrogen and oxygen atoms in total. The molecule has 1 aromatic heterocycles. The first-order valence-electron chi connectivity index (χ1n) is 5.86. The summed E-state index contributed by atoms with van der Waals surface area (Å²) in [7, 11) is 4.09. The summed E-state index contributed by atoms with van der Waals surface area (Å²) >= 11 is 3.54. The predicted molar refractivity (Wildman–Crippen MR) is 76.1 cm³/mol. The minimum atomic E-state index is 0.218. The molecule has 0 amide bonds. The van der Waals surface area contributed by atoms with Gasteiger partial charge in [0.25, 0.3) is 0 Å². The Kier molecular flexibility index (Phi) is 4.61. The van der Waals surface area contributed by atoms with E-state index in [-0.39, 0.29) is 5.41 Å². The van der Waals surface area contributed by atoms with Gasteiger partial charge in [-0.05, 0) is 41.9 Å². The van der Waals surface area contributed by atoms with Crippen LogP contribution in [0.2, 0.25) is 0 Å². The lowest BCUT2D eigenvalue weighted by Gasteiger charge is -2.16. The Morgan fingerprint density at radius 3 is 2.41 bits per heavy atom. The Labute approximate surface area is 112 Å². The van der Waals surface area contributed by atoms with Gasteiger partial charge in [-0.25, -0.2) is 4.68 Å². The summed E-state index contributed by atoms with van der Waals surface area (Å²) in [4.78, 5) is 2.12. The molecule has 0 saturated heterocycles. The quantitative estimate of drug-likeness (QED) is 0.929. The zero-order valence-corrected chi connectivity index (χ0v) is 13.0. The highest BCUT2D eigenvalue weighted by atomic mass is 79.9. The third kappa shape index (κ3) is 4.32. The van der Waals surface area contributed by atoms with Crippen molar-refractivity contribution in [2.75, 3.05) is 26.4 Å². The smallest absolute Gasteiger partial charge is 0.136 e. The van der Waals surface area contributed by atoms with Crippen molar-refractivity contribution in [1.29, 1.82) is 0 Å². The van der Waals surface area contributed by atoms with Crippen molar-refractivity contribution in [3.63, 3.8) is 0 Å². The fourth-order valence-electron chi connectivity index (χ4n) is 1.59. The van der Waals surface area contributed by atoms with E-state index < -0.39 is 0 Å². The molecule has 0 spiro atoms. The van der Waals surface area contributed by atoms with Gasteiger partial charge in [0.1, 0.15) is 5.82 Å². The maximum atomic E-state index is 6.04. The topological polar surface area (TPSA) is 47.1 Å². The SMILES string of the molecule is CN(C)CCn1nc(CC(C)(C)C)c(Br)c1N. The van der Waals surface area contributed by atoms with Crippen molar-refractivity contribution in [2.45, 2.75) is 33.7 Å². The molecule has 17 heavy (non-hydrogen) atoms. The molecule has 2 N–H and O–H groups in total. The van der Waals surface area contributed by atoms with Crippen LogP contribution < -0.4 is 5.73 Å². The third-order valence-electron chi connectivity index (χ3n) is 2.45. The van der Waals surface area contributed by atoms with E-state index in [4.69, 9.17) is 5.73 Å². The average molecular weight is 303 g/mol. The number of halogens is 1. The van der Waals surface area contributed by atoms with Gasteiger partial charge in [0, 0.05) is 6.54 Å². The lowest BCUT2D eigenvalue weighted by Crippen LogP contribution is -2.20. The second kappa shape index (κ2) is 5.40. The van der Waals surface area contributed by atoms with Crippen molar-refractivity contribution in [1.82, 2.24) is 14.7 Å². The van der Waals surface area contributed by atoms with Crippen LogP contribution in [-0.2, 0) is 13.0 Å². The highest BCUT2D eigenvalue weighted by Crippen LogP contribution is 2.29. The molecule has 0 aliphatic rings. The lowest BCUT2D eigenvalue weighted by molar-refractivity contribution is 0.369. The highest BCUT2D eigenvalue weighted by molar-refractivity contribution is 9.10. The predicted octanol–water partition coefficient (Wildman–Crippen LogP) is 2.38. The monoisotopic (exact) mass is 302 g/mol. The molecule has 5 heteroatoms. The summed E-state index contributed by atoms with van der Waals surface area (Å²) in [5.74, 6) is 0.728. The molecule has 1 aromatic rings. The van der Waals surface area contributed by atoms with Crippen LogP contribution in [0.5, 0.6) is 0 Å². The van der Waals surface area contributed by atoms with Gasteiger partial charge < -0.3 is 10.6 Å². The average Bonchev–Trinajstić information content (AvgIpc) is 2.41. The van der Waals surface area contributed by atoms with Crippen molar-refractivity contribution >= 4 is 21.7 Å². The third-order valence-corrected chi connectivity index (χ3v) is 3.32. The van der Waals surface area contributed by atoms with Crippen molar-refractivity contribution in [3.05, 3.63) is 10.2 Å². The van der Waals surface area contributed by atoms with Gasteiger partial charge in [0.15, 0.2) is 0 Å². The fourth-order valence-corrected chi connectivity index (χ4v) is 2.01. The molecular weight excluding hydrogens is 280 g/mol. The zero-order chi connectivity index (χ0) is 13.2. The van der Waals surface area contributed by atoms with Gasteiger partial charge in [-0.2, -0.15) is 5.10 Å². The maximum Gasteiger partial charge on any atom is 0.136 e. The normalized spacial score (nSPS) is 12.4. The van der Waals surface area contributed by atoms with Gasteiger partial charge >= 0.3 is 0 Å². The molecule has 98 valence electrons. The summed E-state index contributed by atoms with van der Waals surface area (Å²) in [5, 5.41) is 4.58. The first kappa shape index (κ1) is 14.5. The minimum Gasteiger partial charge on any atom is -0.383 e. The molecule has 0 aliphatic heterocycles. The van der Waals surface area contributed by atoms with Crippen LogP contribution >= 0.6 is 15.9 Å². The largest absolute Gasteiger partial charge is 0.383 e. The number of hydrogen-bond acceptors (Lipinski definition) is 3. The first-order valence-corrected chi connectivity index (χ1v) is 6.65. The zero-order valence-electron chi connectivity index (χ0n) is 11.4. The number of aromatic nitrogens is 2. The number of rotatable bonds is 4. The molecule has 0 saturated carbocycles. The van der Waals surface area contributed by atoms with E-state index in [0.717, 1.165) is 35.5 Å². The lowest BCUT2D eigenvalue weighted by atomic mass is 9.91. The summed E-state index contributed by atoms with van der Waals surface area (Å²) in [6.07, 6.45) is 0.923. The molecule has 0 aromatic carbocycles. The molecule has 0 bridgehead atoms. The Hall–Kier alpha value is -0.550. The van der Waals surface area contributed by atoms with Gasteiger partial charge in [0.05, 0.1) is 16.7 Å². The Morgan fingerprint density at radius 1 is 1.35 bits per heavy atom. The van der Waals surface area contributed by atoms with Crippen LogP contribution in [0.1, 0.15) is 26.5 Å². The molecule has 1 heterocycles. The number of nitrogens with zero attached hydrogens (tertiary/aromatic N) is 3. The molecule has 0 unspecified atom stereocenters. The van der Waals surface area contributed by atoms with Crippen LogP contribution in [0.3, 0.4) is 0 Å². The number of likely N-dealkylation sites (N-methyl/N-ethyl adjacent to an activating group) is 1. The Morgan fingerprint density at radius 2 is 1.94 bits per heavy atom. The molecule has 0 atom stereocenters. The summed E-state index contributed by atoms with van der Waals surface area (Å²) < 4.78 is 2.83. The summed E-state index contributed by atoms with van der Waals surface area (Å²) in [5.41, 5.74) is 7.31. The van der Waals surface area contributed by atoms with E-state index in [1.165, 1.54) is 0 Å². The number of nitrogens with two attached hydrogens (primary N) is 1. The molecular formula is C12H23BrN4. The second-order valence-electron chi connectivity index (χ2n) is 5.91. The number of nitrogen functional groups attached to an aromatic ring is 1. The summed E-state index contributed by atoms with van der Waals surface area (Å²) in [6, 6.07) is 0. The van der Waals surface area contributed by atoms with Gasteiger partial charge in [-0.15, -0.1) is 0 Å². The van der Waals surface area contributed by atoms with Crippen LogP contribution in [0.15, 0.2) is 4.47 Å². The van der Waals surface area contributed by atoms with E-state index in [1.807, 2.05) is 18.8 Å². The van der Waals surface area contributed by atoms with Crippen molar-refractivity contribution in [3.8, 4) is 0 Å². The fraction of sp³-hybridized carbons (Fsp3) is 0.750.